The molecule has 0 atom stereocenters. The van der Waals surface area contributed by atoms with Crippen LogP contribution in [-0.4, -0.2) is 57.5 Å². The first-order valence-corrected chi connectivity index (χ1v) is 14.8. The fourth-order valence-electron chi connectivity index (χ4n) is 4.91. The number of fused-ring (bicyclic) bond motifs is 2. The van der Waals surface area contributed by atoms with Gasteiger partial charge in [-0.3, -0.25) is 5.10 Å². The van der Waals surface area contributed by atoms with Crippen LogP contribution in [-0.2, 0) is 18.0 Å². The maximum Gasteiger partial charge on any atom is 0.126 e. The van der Waals surface area contributed by atoms with Crippen LogP contribution in [0.4, 0.5) is 0 Å². The molecule has 1 fully saturated rings. The number of hydrogen-bond acceptors (Lipinski definition) is 6. The average molecular weight is 547 g/mol. The molecule has 5 aromatic rings. The van der Waals surface area contributed by atoms with Gasteiger partial charge in [-0.15, -0.1) is 11.3 Å². The minimum Gasteiger partial charge on any atom is -0.493 e. The zero-order valence-electron chi connectivity index (χ0n) is 22.8. The molecule has 0 bridgehead atoms. The van der Waals surface area contributed by atoms with E-state index in [9.17, 15) is 5.11 Å². The van der Waals surface area contributed by atoms with Gasteiger partial charge in [0, 0.05) is 41.5 Å². The predicted molar refractivity (Wildman–Crippen MR) is 159 cm³/mol. The van der Waals surface area contributed by atoms with Crippen LogP contribution in [0.5, 0.6) is 5.75 Å². The monoisotopic (exact) mass is 546 g/mol. The number of aromatic nitrogens is 3. The van der Waals surface area contributed by atoms with Gasteiger partial charge in [-0.05, 0) is 49.1 Å². The molecule has 0 amide bonds. The maximum atomic E-state index is 9.65. The third kappa shape index (κ3) is 6.89. The van der Waals surface area contributed by atoms with Gasteiger partial charge in [0.05, 0.1) is 41.8 Å². The molecule has 8 heteroatoms. The van der Waals surface area contributed by atoms with E-state index in [0.717, 1.165) is 77.2 Å². The Labute approximate surface area is 233 Å². The molecule has 1 saturated heterocycles. The second kappa shape index (κ2) is 13.3. The van der Waals surface area contributed by atoms with Crippen molar-refractivity contribution in [3.05, 3.63) is 71.1 Å². The van der Waals surface area contributed by atoms with E-state index in [1.807, 2.05) is 38.1 Å². The first-order chi connectivity index (χ1) is 19.2. The van der Waals surface area contributed by atoms with Crippen molar-refractivity contribution in [2.24, 2.45) is 0 Å². The SMILES string of the molecule is CC.OC1CCN(CCCOc2ccc3cc(-c4n[nH]c5cc(COCc6ccccc6)sc45)[nH]c3c2)CC1. The van der Waals surface area contributed by atoms with E-state index in [-0.39, 0.29) is 6.10 Å². The number of thiophene rings is 1. The summed E-state index contributed by atoms with van der Waals surface area (Å²) in [6, 6.07) is 20.7. The molecule has 1 aliphatic heterocycles. The van der Waals surface area contributed by atoms with Gasteiger partial charge in [0.2, 0.25) is 0 Å². The highest BCUT2D eigenvalue weighted by atomic mass is 32.1. The number of likely N-dealkylation sites (tertiary alicyclic amines) is 1. The number of piperidine rings is 1. The van der Waals surface area contributed by atoms with Gasteiger partial charge in [0.1, 0.15) is 11.4 Å². The number of ether oxygens (including phenoxy) is 2. The molecule has 0 spiro atoms. The molecule has 7 nitrogen and oxygen atoms in total. The predicted octanol–water partition coefficient (Wildman–Crippen LogP) is 6.74. The van der Waals surface area contributed by atoms with Crippen molar-refractivity contribution in [3.63, 3.8) is 0 Å². The highest BCUT2D eigenvalue weighted by molar-refractivity contribution is 7.19. The van der Waals surface area contributed by atoms with Crippen molar-refractivity contribution in [3.8, 4) is 17.1 Å². The molecule has 0 radical (unpaired) electrons. The quantitative estimate of drug-likeness (QED) is 0.169. The molecule has 3 N–H and O–H groups in total. The molecule has 3 aromatic heterocycles. The number of benzene rings is 2. The fourth-order valence-corrected chi connectivity index (χ4v) is 5.96. The largest absolute Gasteiger partial charge is 0.493 e. The third-order valence-corrected chi connectivity index (χ3v) is 8.05. The Morgan fingerprint density at radius 3 is 2.64 bits per heavy atom. The van der Waals surface area contributed by atoms with Crippen molar-refractivity contribution >= 4 is 32.5 Å². The van der Waals surface area contributed by atoms with Gasteiger partial charge < -0.3 is 24.5 Å². The zero-order chi connectivity index (χ0) is 27.0. The van der Waals surface area contributed by atoms with Crippen molar-refractivity contribution in [1.29, 1.82) is 0 Å². The van der Waals surface area contributed by atoms with Crippen molar-refractivity contribution in [2.75, 3.05) is 26.2 Å². The van der Waals surface area contributed by atoms with Gasteiger partial charge in [-0.25, -0.2) is 0 Å². The van der Waals surface area contributed by atoms with Crippen LogP contribution in [0.1, 0.15) is 43.6 Å². The van der Waals surface area contributed by atoms with E-state index in [4.69, 9.17) is 9.47 Å². The van der Waals surface area contributed by atoms with Gasteiger partial charge >= 0.3 is 0 Å². The Morgan fingerprint density at radius 1 is 1.00 bits per heavy atom. The molecule has 6 rings (SSSR count). The molecule has 0 saturated carbocycles. The smallest absolute Gasteiger partial charge is 0.126 e. The van der Waals surface area contributed by atoms with Crippen LogP contribution in [0.15, 0.2) is 60.7 Å². The molecular formula is C31H38N4O3S. The van der Waals surface area contributed by atoms with Crippen LogP contribution >= 0.6 is 11.3 Å². The number of aromatic amines is 2. The summed E-state index contributed by atoms with van der Waals surface area (Å²) in [7, 11) is 0. The summed E-state index contributed by atoms with van der Waals surface area (Å²) >= 11 is 1.72. The number of hydrogen-bond donors (Lipinski definition) is 3. The minimum atomic E-state index is -0.122. The molecule has 39 heavy (non-hydrogen) atoms. The van der Waals surface area contributed by atoms with E-state index in [1.165, 1.54) is 10.4 Å². The highest BCUT2D eigenvalue weighted by Gasteiger charge is 2.17. The molecule has 0 aliphatic carbocycles. The van der Waals surface area contributed by atoms with E-state index in [0.29, 0.717) is 19.8 Å². The first kappa shape index (κ1) is 27.4. The number of nitrogens with zero attached hydrogens (tertiary/aromatic N) is 2. The average Bonchev–Trinajstić information content (AvgIpc) is 3.68. The van der Waals surface area contributed by atoms with Gasteiger partial charge in [0.25, 0.3) is 0 Å². The summed E-state index contributed by atoms with van der Waals surface area (Å²) in [6.45, 7) is 8.83. The lowest BCUT2D eigenvalue weighted by atomic mass is 10.1. The lowest BCUT2D eigenvalue weighted by Gasteiger charge is -2.29. The minimum absolute atomic E-state index is 0.122. The number of aliphatic hydroxyl groups is 1. The Morgan fingerprint density at radius 2 is 1.82 bits per heavy atom. The third-order valence-electron chi connectivity index (χ3n) is 6.94. The molecular weight excluding hydrogens is 508 g/mol. The van der Waals surface area contributed by atoms with Crippen LogP contribution in [0.25, 0.3) is 32.5 Å². The van der Waals surface area contributed by atoms with Crippen LogP contribution < -0.4 is 4.74 Å². The van der Waals surface area contributed by atoms with Gasteiger partial charge in [-0.2, -0.15) is 5.10 Å². The van der Waals surface area contributed by atoms with Crippen LogP contribution in [0.3, 0.4) is 0 Å². The summed E-state index contributed by atoms with van der Waals surface area (Å²) in [6.07, 6.45) is 2.61. The second-order valence-electron chi connectivity index (χ2n) is 9.71. The van der Waals surface area contributed by atoms with Crippen molar-refractivity contribution < 1.29 is 14.6 Å². The normalized spacial score (nSPS) is 14.5. The summed E-state index contributed by atoms with van der Waals surface area (Å²) in [4.78, 5) is 7.12. The van der Waals surface area contributed by atoms with Crippen LogP contribution in [0.2, 0.25) is 0 Å². The van der Waals surface area contributed by atoms with Gasteiger partial charge in [-0.1, -0.05) is 44.2 Å². The van der Waals surface area contributed by atoms with Gasteiger partial charge in [0.15, 0.2) is 0 Å². The summed E-state index contributed by atoms with van der Waals surface area (Å²) in [5.41, 5.74) is 5.17. The zero-order valence-corrected chi connectivity index (χ0v) is 23.6. The Hall–Kier alpha value is -3.17. The van der Waals surface area contributed by atoms with Crippen LogP contribution in [0, 0.1) is 0 Å². The number of nitrogens with one attached hydrogen (secondary N) is 2. The lowest BCUT2D eigenvalue weighted by molar-refractivity contribution is 0.0800. The Kier molecular flexibility index (Phi) is 9.32. The van der Waals surface area contributed by atoms with E-state index >= 15 is 0 Å². The topological polar surface area (TPSA) is 86.4 Å². The molecule has 206 valence electrons. The Balaban J connectivity index is 0.00000151. The fraction of sp³-hybridized carbons (Fsp3) is 0.387. The molecule has 1 aliphatic rings. The van der Waals surface area contributed by atoms with Crippen molar-refractivity contribution in [1.82, 2.24) is 20.1 Å². The summed E-state index contributed by atoms with van der Waals surface area (Å²) in [5.74, 6) is 0.871. The maximum absolute atomic E-state index is 9.65. The first-order valence-electron chi connectivity index (χ1n) is 14.0. The summed E-state index contributed by atoms with van der Waals surface area (Å²) < 4.78 is 13.1. The van der Waals surface area contributed by atoms with E-state index < -0.39 is 0 Å². The molecule has 4 heterocycles. The Bertz CT molecular complexity index is 1450. The summed E-state index contributed by atoms with van der Waals surface area (Å²) in [5, 5.41) is 18.5. The number of aliphatic hydroxyl groups excluding tert-OH is 1. The van der Waals surface area contributed by atoms with E-state index in [1.54, 1.807) is 11.3 Å². The molecule has 2 aromatic carbocycles. The second-order valence-corrected chi connectivity index (χ2v) is 10.8. The highest BCUT2D eigenvalue weighted by Crippen LogP contribution is 2.35. The lowest BCUT2D eigenvalue weighted by Crippen LogP contribution is -2.36. The van der Waals surface area contributed by atoms with E-state index in [2.05, 4.69) is 56.5 Å². The molecule has 0 unspecified atom stereocenters. The standard InChI is InChI=1S/C29H32N4O3S.C2H6/c34-22-9-12-33(13-10-22)11-4-14-36-23-8-7-21-15-26(30-25(21)16-23)28-29-27(31-32-28)17-24(37-29)19-35-18-20-5-2-1-3-6-20;1-2/h1-3,5-8,15-17,22,30,34H,4,9-14,18-19H2,(H,31,32);1-2H3. The number of H-pyrrole nitrogens is 2. The van der Waals surface area contributed by atoms with Crippen molar-refractivity contribution in [2.45, 2.75) is 52.4 Å². The number of rotatable bonds is 10.